The molecule has 6 heteroatoms. The van der Waals surface area contributed by atoms with Gasteiger partial charge >= 0.3 is 0 Å². The molecule has 2 aromatic rings. The van der Waals surface area contributed by atoms with Crippen molar-refractivity contribution in [2.45, 2.75) is 31.7 Å². The van der Waals surface area contributed by atoms with Crippen molar-refractivity contribution in [3.8, 4) is 5.75 Å². The van der Waals surface area contributed by atoms with Crippen LogP contribution in [0.4, 0.5) is 11.4 Å². The molecule has 146 valence electrons. The number of hydrogen-bond donors (Lipinski definition) is 2. The third kappa shape index (κ3) is 4.11. The summed E-state index contributed by atoms with van der Waals surface area (Å²) in [4.78, 5) is 27.6. The molecule has 0 unspecified atom stereocenters. The quantitative estimate of drug-likeness (QED) is 0.807. The molecule has 1 saturated heterocycles. The number of nitrogens with zero attached hydrogens (tertiary/aromatic N) is 1. The molecule has 0 bridgehead atoms. The average molecular weight is 379 g/mol. The third-order valence-electron chi connectivity index (χ3n) is 5.21. The number of anilines is 2. The average Bonchev–Trinajstić information content (AvgIpc) is 3.36. The van der Waals surface area contributed by atoms with E-state index < -0.39 is 0 Å². The molecule has 1 aliphatic carbocycles. The summed E-state index contributed by atoms with van der Waals surface area (Å²) in [6.45, 7) is 1.92. The minimum atomic E-state index is -0.217. The van der Waals surface area contributed by atoms with Crippen LogP contribution in [0.25, 0.3) is 0 Å². The van der Waals surface area contributed by atoms with Crippen LogP contribution in [-0.2, 0) is 0 Å². The molecule has 0 aromatic heterocycles. The third-order valence-corrected chi connectivity index (χ3v) is 5.21. The van der Waals surface area contributed by atoms with Gasteiger partial charge in [-0.15, -0.1) is 0 Å². The number of carbonyl (C=O) groups excluding carboxylic acids is 2. The number of ether oxygens (including phenoxy) is 1. The lowest BCUT2D eigenvalue weighted by molar-refractivity contribution is 0.0950. The Morgan fingerprint density at radius 1 is 1.00 bits per heavy atom. The smallest absolute Gasteiger partial charge is 0.255 e. The lowest BCUT2D eigenvalue weighted by Gasteiger charge is -2.22. The first kappa shape index (κ1) is 18.3. The fourth-order valence-corrected chi connectivity index (χ4v) is 3.47. The molecule has 6 nitrogen and oxygen atoms in total. The van der Waals surface area contributed by atoms with E-state index in [0.717, 1.165) is 44.5 Å². The van der Waals surface area contributed by atoms with Crippen molar-refractivity contribution in [3.05, 3.63) is 53.6 Å². The minimum Gasteiger partial charge on any atom is -0.497 e. The van der Waals surface area contributed by atoms with Crippen molar-refractivity contribution >= 4 is 23.2 Å². The molecule has 4 rings (SSSR count). The van der Waals surface area contributed by atoms with Crippen LogP contribution in [0.1, 0.15) is 46.4 Å². The van der Waals surface area contributed by atoms with E-state index in [0.29, 0.717) is 22.6 Å². The van der Waals surface area contributed by atoms with Gasteiger partial charge in [-0.25, -0.2) is 0 Å². The van der Waals surface area contributed by atoms with E-state index in [-0.39, 0.29) is 17.9 Å². The van der Waals surface area contributed by atoms with Crippen LogP contribution in [0.5, 0.6) is 5.75 Å². The van der Waals surface area contributed by atoms with Gasteiger partial charge in [-0.2, -0.15) is 0 Å². The van der Waals surface area contributed by atoms with Crippen LogP contribution in [0.15, 0.2) is 42.5 Å². The summed E-state index contributed by atoms with van der Waals surface area (Å²) in [5, 5.41) is 5.97. The van der Waals surface area contributed by atoms with Crippen LogP contribution in [0.2, 0.25) is 0 Å². The van der Waals surface area contributed by atoms with Crippen molar-refractivity contribution in [1.82, 2.24) is 5.32 Å². The molecular formula is C22H25N3O3. The summed E-state index contributed by atoms with van der Waals surface area (Å²) < 4.78 is 5.13. The zero-order valence-electron chi connectivity index (χ0n) is 16.0. The van der Waals surface area contributed by atoms with Crippen LogP contribution < -0.4 is 20.3 Å². The number of nitrogens with one attached hydrogen (secondary N) is 2. The van der Waals surface area contributed by atoms with Gasteiger partial charge in [-0.1, -0.05) is 0 Å². The van der Waals surface area contributed by atoms with E-state index in [2.05, 4.69) is 15.5 Å². The summed E-state index contributed by atoms with van der Waals surface area (Å²) in [5.41, 5.74) is 2.72. The summed E-state index contributed by atoms with van der Waals surface area (Å²) in [5.74, 6) is 0.417. The predicted molar refractivity (Wildman–Crippen MR) is 109 cm³/mol. The van der Waals surface area contributed by atoms with Crippen LogP contribution >= 0.6 is 0 Å². The summed E-state index contributed by atoms with van der Waals surface area (Å²) >= 11 is 0. The molecule has 2 aliphatic rings. The highest BCUT2D eigenvalue weighted by Gasteiger charge is 2.27. The van der Waals surface area contributed by atoms with Gasteiger partial charge in [-0.3, -0.25) is 9.59 Å². The highest BCUT2D eigenvalue weighted by molar-refractivity contribution is 6.06. The van der Waals surface area contributed by atoms with Gasteiger partial charge in [0.25, 0.3) is 11.8 Å². The molecule has 0 atom stereocenters. The standard InChI is InChI=1S/C22H25N3O3/c1-28-18-9-4-15(5-10-18)21(26)24-17-8-11-20(25-12-2-3-13-25)19(14-17)22(27)23-16-6-7-16/h4-5,8-11,14,16H,2-3,6-7,12-13H2,1H3,(H,23,27)(H,24,26). The van der Waals surface area contributed by atoms with E-state index in [4.69, 9.17) is 4.74 Å². The van der Waals surface area contributed by atoms with Gasteiger partial charge in [-0.05, 0) is 68.1 Å². The molecule has 1 saturated carbocycles. The second-order valence-corrected chi connectivity index (χ2v) is 7.36. The number of rotatable bonds is 6. The Labute approximate surface area is 164 Å². The maximum absolute atomic E-state index is 12.8. The van der Waals surface area contributed by atoms with E-state index in [9.17, 15) is 9.59 Å². The molecule has 28 heavy (non-hydrogen) atoms. The Balaban J connectivity index is 1.56. The molecule has 1 aliphatic heterocycles. The Morgan fingerprint density at radius 3 is 2.36 bits per heavy atom. The van der Waals surface area contributed by atoms with E-state index in [1.807, 2.05) is 12.1 Å². The van der Waals surface area contributed by atoms with E-state index in [1.54, 1.807) is 37.4 Å². The van der Waals surface area contributed by atoms with Crippen molar-refractivity contribution < 1.29 is 14.3 Å². The van der Waals surface area contributed by atoms with E-state index >= 15 is 0 Å². The van der Waals surface area contributed by atoms with Crippen LogP contribution in [0.3, 0.4) is 0 Å². The van der Waals surface area contributed by atoms with Gasteiger partial charge in [0.15, 0.2) is 0 Å². The summed E-state index contributed by atoms with van der Waals surface area (Å²) in [7, 11) is 1.59. The maximum atomic E-state index is 12.8. The van der Waals surface area contributed by atoms with E-state index in [1.165, 1.54) is 0 Å². The summed E-state index contributed by atoms with van der Waals surface area (Å²) in [6.07, 6.45) is 4.36. The Kier molecular flexibility index (Phi) is 5.19. The van der Waals surface area contributed by atoms with Crippen molar-refractivity contribution in [1.29, 1.82) is 0 Å². The number of methoxy groups -OCH3 is 1. The number of hydrogen-bond acceptors (Lipinski definition) is 4. The minimum absolute atomic E-state index is 0.0649. The van der Waals surface area contributed by atoms with Crippen LogP contribution in [-0.4, -0.2) is 38.1 Å². The van der Waals surface area contributed by atoms with Crippen LogP contribution in [0, 0.1) is 0 Å². The number of amides is 2. The summed E-state index contributed by atoms with van der Waals surface area (Å²) in [6, 6.07) is 12.8. The topological polar surface area (TPSA) is 70.7 Å². The second-order valence-electron chi connectivity index (χ2n) is 7.36. The molecule has 2 aromatic carbocycles. The van der Waals surface area contributed by atoms with Gasteiger partial charge < -0.3 is 20.3 Å². The molecule has 2 amide bonds. The van der Waals surface area contributed by atoms with Gasteiger partial charge in [0, 0.05) is 36.1 Å². The first-order valence-electron chi connectivity index (χ1n) is 9.79. The molecule has 0 radical (unpaired) electrons. The molecule has 2 N–H and O–H groups in total. The largest absolute Gasteiger partial charge is 0.497 e. The normalized spacial score (nSPS) is 16.0. The second kappa shape index (κ2) is 7.92. The highest BCUT2D eigenvalue weighted by Crippen LogP contribution is 2.29. The van der Waals surface area contributed by atoms with Gasteiger partial charge in [0.05, 0.1) is 12.7 Å². The molecule has 0 spiro atoms. The number of benzene rings is 2. The fourth-order valence-electron chi connectivity index (χ4n) is 3.47. The Hall–Kier alpha value is -3.02. The van der Waals surface area contributed by atoms with Crippen molar-refractivity contribution in [2.24, 2.45) is 0 Å². The lowest BCUT2D eigenvalue weighted by atomic mass is 10.1. The highest BCUT2D eigenvalue weighted by atomic mass is 16.5. The van der Waals surface area contributed by atoms with Gasteiger partial charge in [0.1, 0.15) is 5.75 Å². The first-order chi connectivity index (χ1) is 13.6. The Morgan fingerprint density at radius 2 is 1.71 bits per heavy atom. The van der Waals surface area contributed by atoms with Crippen molar-refractivity contribution in [2.75, 3.05) is 30.4 Å². The fraction of sp³-hybridized carbons (Fsp3) is 0.364. The zero-order chi connectivity index (χ0) is 19.5. The number of carbonyl (C=O) groups is 2. The van der Waals surface area contributed by atoms with Crippen molar-refractivity contribution in [3.63, 3.8) is 0 Å². The molecule has 1 heterocycles. The SMILES string of the molecule is COc1ccc(C(=O)Nc2ccc(N3CCCC3)c(C(=O)NC3CC3)c2)cc1. The predicted octanol–water partition coefficient (Wildman–Crippen LogP) is 3.44. The Bertz CT molecular complexity index is 869. The zero-order valence-corrected chi connectivity index (χ0v) is 16.0. The molecule has 2 fully saturated rings. The first-order valence-corrected chi connectivity index (χ1v) is 9.79. The van der Waals surface area contributed by atoms with Gasteiger partial charge in [0.2, 0.25) is 0 Å². The molecular weight excluding hydrogens is 354 g/mol. The monoisotopic (exact) mass is 379 g/mol. The maximum Gasteiger partial charge on any atom is 0.255 e. The lowest BCUT2D eigenvalue weighted by Crippen LogP contribution is -2.29.